The maximum Gasteiger partial charge on any atom is 0.257 e. The van der Waals surface area contributed by atoms with Gasteiger partial charge in [-0.05, 0) is 24.6 Å². The van der Waals surface area contributed by atoms with Crippen LogP contribution in [0.5, 0.6) is 11.5 Å². The van der Waals surface area contributed by atoms with Crippen molar-refractivity contribution in [2.45, 2.75) is 19.4 Å². The summed E-state index contributed by atoms with van der Waals surface area (Å²) in [6.45, 7) is 2.31. The van der Waals surface area contributed by atoms with Gasteiger partial charge in [0.1, 0.15) is 0 Å². The molecular formula is C11H15F2NO2. The molecule has 1 rings (SSSR count). The van der Waals surface area contributed by atoms with E-state index >= 15 is 0 Å². The molecule has 0 aromatic heterocycles. The van der Waals surface area contributed by atoms with Gasteiger partial charge < -0.3 is 15.2 Å². The Balaban J connectivity index is 2.99. The number of halogens is 2. The molecule has 0 saturated carbocycles. The molecule has 16 heavy (non-hydrogen) atoms. The van der Waals surface area contributed by atoms with Gasteiger partial charge in [0.2, 0.25) is 0 Å². The Morgan fingerprint density at radius 2 is 2.00 bits per heavy atom. The monoisotopic (exact) mass is 231 g/mol. The van der Waals surface area contributed by atoms with Crippen LogP contribution in [0.25, 0.3) is 0 Å². The van der Waals surface area contributed by atoms with Crippen LogP contribution in [-0.2, 0) is 0 Å². The average Bonchev–Trinajstić information content (AvgIpc) is 2.29. The molecule has 0 bridgehead atoms. The van der Waals surface area contributed by atoms with Crippen molar-refractivity contribution in [2.75, 3.05) is 13.7 Å². The van der Waals surface area contributed by atoms with E-state index in [1.165, 1.54) is 19.2 Å². The Morgan fingerprint density at radius 3 is 2.50 bits per heavy atom. The fourth-order valence-corrected chi connectivity index (χ4v) is 1.31. The molecule has 0 unspecified atom stereocenters. The zero-order chi connectivity index (χ0) is 12.1. The predicted molar refractivity (Wildman–Crippen MR) is 57.1 cm³/mol. The molecule has 0 aliphatic heterocycles. The summed E-state index contributed by atoms with van der Waals surface area (Å²) in [6, 6.07) is 3.27. The first-order chi connectivity index (χ1) is 7.60. The fourth-order valence-electron chi connectivity index (χ4n) is 1.31. The highest BCUT2D eigenvalue weighted by Gasteiger charge is 2.19. The Bertz CT molecular complexity index is 345. The van der Waals surface area contributed by atoms with Gasteiger partial charge in [-0.1, -0.05) is 6.07 Å². The molecule has 90 valence electrons. The average molecular weight is 231 g/mol. The van der Waals surface area contributed by atoms with E-state index in [9.17, 15) is 8.78 Å². The third kappa shape index (κ3) is 2.82. The van der Waals surface area contributed by atoms with Crippen molar-refractivity contribution in [3.8, 4) is 11.5 Å². The molecule has 1 aromatic carbocycles. The van der Waals surface area contributed by atoms with Crippen LogP contribution in [0.15, 0.2) is 18.2 Å². The van der Waals surface area contributed by atoms with E-state index in [0.717, 1.165) is 0 Å². The van der Waals surface area contributed by atoms with Crippen molar-refractivity contribution in [2.24, 2.45) is 5.73 Å². The third-order valence-corrected chi connectivity index (χ3v) is 2.14. The normalized spacial score (nSPS) is 12.6. The number of nitrogens with two attached hydrogens (primary N) is 1. The van der Waals surface area contributed by atoms with E-state index in [1.54, 1.807) is 6.07 Å². The number of methoxy groups -OCH3 is 1. The number of rotatable bonds is 5. The van der Waals surface area contributed by atoms with Gasteiger partial charge in [-0.2, -0.15) is 0 Å². The van der Waals surface area contributed by atoms with Crippen LogP contribution in [0.4, 0.5) is 8.78 Å². The number of alkyl halides is 2. The highest BCUT2D eigenvalue weighted by Crippen LogP contribution is 2.31. The maximum atomic E-state index is 12.4. The Kier molecular flexibility index (Phi) is 4.49. The van der Waals surface area contributed by atoms with E-state index in [1.807, 2.05) is 6.92 Å². The molecular weight excluding hydrogens is 216 g/mol. The molecule has 0 amide bonds. The lowest BCUT2D eigenvalue weighted by Gasteiger charge is -2.14. The fraction of sp³-hybridized carbons (Fsp3) is 0.455. The first-order valence-electron chi connectivity index (χ1n) is 4.94. The van der Waals surface area contributed by atoms with Gasteiger partial charge in [0.05, 0.1) is 19.8 Å². The van der Waals surface area contributed by atoms with Crippen molar-refractivity contribution < 1.29 is 18.3 Å². The summed E-state index contributed by atoms with van der Waals surface area (Å²) >= 11 is 0. The van der Waals surface area contributed by atoms with E-state index in [0.29, 0.717) is 23.7 Å². The topological polar surface area (TPSA) is 44.5 Å². The Morgan fingerprint density at radius 1 is 1.31 bits per heavy atom. The van der Waals surface area contributed by atoms with Crippen molar-refractivity contribution in [3.63, 3.8) is 0 Å². The summed E-state index contributed by atoms with van der Waals surface area (Å²) < 4.78 is 35.1. The van der Waals surface area contributed by atoms with E-state index in [4.69, 9.17) is 15.2 Å². The highest BCUT2D eigenvalue weighted by atomic mass is 19.3. The molecule has 1 atom stereocenters. The van der Waals surface area contributed by atoms with Gasteiger partial charge >= 0.3 is 0 Å². The lowest BCUT2D eigenvalue weighted by atomic mass is 10.1. The third-order valence-electron chi connectivity index (χ3n) is 2.14. The molecule has 3 nitrogen and oxygen atoms in total. The van der Waals surface area contributed by atoms with E-state index in [-0.39, 0.29) is 0 Å². The van der Waals surface area contributed by atoms with Gasteiger partial charge in [0.15, 0.2) is 11.5 Å². The van der Waals surface area contributed by atoms with Crippen LogP contribution in [0, 0.1) is 0 Å². The van der Waals surface area contributed by atoms with Gasteiger partial charge in [0.25, 0.3) is 6.43 Å². The number of hydrogen-bond donors (Lipinski definition) is 1. The number of hydrogen-bond acceptors (Lipinski definition) is 3. The molecule has 0 fully saturated rings. The second-order valence-electron chi connectivity index (χ2n) is 3.20. The first kappa shape index (κ1) is 12.7. The summed E-state index contributed by atoms with van der Waals surface area (Å²) in [5.74, 6) is 0.936. The van der Waals surface area contributed by atoms with E-state index < -0.39 is 12.5 Å². The van der Waals surface area contributed by atoms with Crippen LogP contribution < -0.4 is 15.2 Å². The lowest BCUT2D eigenvalue weighted by molar-refractivity contribution is 0.116. The summed E-state index contributed by atoms with van der Waals surface area (Å²) in [7, 11) is 1.45. The number of benzene rings is 1. The van der Waals surface area contributed by atoms with Crippen LogP contribution in [0.3, 0.4) is 0 Å². The molecule has 0 spiro atoms. The largest absolute Gasteiger partial charge is 0.493 e. The SMILES string of the molecule is CCOc1ccc([C@@H](N)C(F)F)cc1OC. The van der Waals surface area contributed by atoms with Gasteiger partial charge in [-0.15, -0.1) is 0 Å². The predicted octanol–water partition coefficient (Wildman–Crippen LogP) is 2.36. The summed E-state index contributed by atoms with van der Waals surface area (Å²) in [5, 5.41) is 0. The van der Waals surface area contributed by atoms with Gasteiger partial charge in [0, 0.05) is 0 Å². The molecule has 0 aliphatic carbocycles. The van der Waals surface area contributed by atoms with Crippen molar-refractivity contribution in [3.05, 3.63) is 23.8 Å². The quantitative estimate of drug-likeness (QED) is 0.846. The van der Waals surface area contributed by atoms with Crippen molar-refractivity contribution in [1.29, 1.82) is 0 Å². The second kappa shape index (κ2) is 5.65. The molecule has 5 heteroatoms. The van der Waals surface area contributed by atoms with Crippen LogP contribution >= 0.6 is 0 Å². The Hall–Kier alpha value is -1.36. The highest BCUT2D eigenvalue weighted by molar-refractivity contribution is 5.43. The molecule has 0 aliphatic rings. The zero-order valence-electron chi connectivity index (χ0n) is 9.24. The van der Waals surface area contributed by atoms with Gasteiger partial charge in [-0.25, -0.2) is 8.78 Å². The first-order valence-corrected chi connectivity index (χ1v) is 4.94. The smallest absolute Gasteiger partial charge is 0.257 e. The molecule has 1 aromatic rings. The van der Waals surface area contributed by atoms with Crippen LogP contribution in [0.1, 0.15) is 18.5 Å². The summed E-state index contributed by atoms with van der Waals surface area (Å²) in [6.07, 6.45) is -2.59. The summed E-state index contributed by atoms with van der Waals surface area (Å²) in [5.41, 5.74) is 5.67. The second-order valence-corrected chi connectivity index (χ2v) is 3.20. The minimum atomic E-state index is -2.59. The van der Waals surface area contributed by atoms with Crippen molar-refractivity contribution >= 4 is 0 Å². The molecule has 0 saturated heterocycles. The molecule has 0 radical (unpaired) electrons. The molecule has 0 heterocycles. The van der Waals surface area contributed by atoms with E-state index in [2.05, 4.69) is 0 Å². The molecule has 2 N–H and O–H groups in total. The van der Waals surface area contributed by atoms with Gasteiger partial charge in [-0.3, -0.25) is 0 Å². The number of ether oxygens (including phenoxy) is 2. The minimum absolute atomic E-state index is 0.329. The maximum absolute atomic E-state index is 12.4. The van der Waals surface area contributed by atoms with Crippen LogP contribution in [0.2, 0.25) is 0 Å². The summed E-state index contributed by atoms with van der Waals surface area (Å²) in [4.78, 5) is 0. The Labute approximate surface area is 93.2 Å². The van der Waals surface area contributed by atoms with Crippen molar-refractivity contribution in [1.82, 2.24) is 0 Å². The zero-order valence-corrected chi connectivity index (χ0v) is 9.24. The van der Waals surface area contributed by atoms with Crippen LogP contribution in [-0.4, -0.2) is 20.1 Å². The standard InChI is InChI=1S/C11H15F2NO2/c1-3-16-8-5-4-7(6-9(8)15-2)10(14)11(12)13/h4-6,10-11H,3,14H2,1-2H3/t10-/m1/s1. The minimum Gasteiger partial charge on any atom is -0.493 e. The lowest BCUT2D eigenvalue weighted by Crippen LogP contribution is -2.18.